The number of ether oxygens (including phenoxy) is 1. The summed E-state index contributed by atoms with van der Waals surface area (Å²) in [6, 6.07) is 2.87. The number of amides is 4. The van der Waals surface area contributed by atoms with Crippen molar-refractivity contribution in [1.29, 1.82) is 0 Å². The van der Waals surface area contributed by atoms with Crippen LogP contribution in [0.15, 0.2) is 24.3 Å². The molecule has 4 amide bonds. The Labute approximate surface area is 174 Å². The molecule has 30 heavy (non-hydrogen) atoms. The lowest BCUT2D eigenvalue weighted by Crippen LogP contribution is -2.41. The fourth-order valence-electron chi connectivity index (χ4n) is 3.18. The van der Waals surface area contributed by atoms with Gasteiger partial charge in [0.15, 0.2) is 0 Å². The standard InChI is InChI=1S/C19H20F2N4O4S/c20-10-4-5-12(14(21)7-10)15-8-13(16(30-15)24-18(22)27)17(26)29-11-3-1-2-6-25(9-11)19(23)28/h4-5,7-8,11H,1-3,6,9H2,(H2,23,28)(H3,22,24,27). The number of urea groups is 2. The highest BCUT2D eigenvalue weighted by Gasteiger charge is 2.27. The van der Waals surface area contributed by atoms with Gasteiger partial charge in [-0.2, -0.15) is 0 Å². The predicted octanol–water partition coefficient (Wildman–Crippen LogP) is 3.27. The zero-order valence-corrected chi connectivity index (χ0v) is 16.6. The maximum absolute atomic E-state index is 14.2. The molecule has 0 spiro atoms. The molecule has 1 aliphatic heterocycles. The Hall–Kier alpha value is -3.21. The van der Waals surface area contributed by atoms with E-state index in [0.717, 1.165) is 36.3 Å². The molecule has 11 heteroatoms. The van der Waals surface area contributed by atoms with Crippen molar-refractivity contribution in [2.45, 2.75) is 25.4 Å². The molecule has 3 rings (SSSR count). The minimum absolute atomic E-state index is 0.0209. The summed E-state index contributed by atoms with van der Waals surface area (Å²) >= 11 is 0.901. The summed E-state index contributed by atoms with van der Waals surface area (Å²) in [4.78, 5) is 37.3. The first-order chi connectivity index (χ1) is 14.2. The van der Waals surface area contributed by atoms with Crippen LogP contribution in [0.5, 0.6) is 0 Å². The van der Waals surface area contributed by atoms with Crippen LogP contribution >= 0.6 is 11.3 Å². The fraction of sp³-hybridized carbons (Fsp3) is 0.316. The first kappa shape index (κ1) is 21.5. The Morgan fingerprint density at radius 1 is 1.17 bits per heavy atom. The number of nitrogens with one attached hydrogen (secondary N) is 1. The number of rotatable bonds is 4. The Morgan fingerprint density at radius 3 is 2.60 bits per heavy atom. The highest BCUT2D eigenvalue weighted by Crippen LogP contribution is 2.37. The zero-order valence-electron chi connectivity index (χ0n) is 15.8. The number of hydrogen-bond donors (Lipinski definition) is 3. The SMILES string of the molecule is NC(=O)Nc1sc(-c2ccc(F)cc2F)cc1C(=O)OC1CCCCN(C(N)=O)C1. The van der Waals surface area contributed by atoms with Gasteiger partial charge in [-0.05, 0) is 37.5 Å². The van der Waals surface area contributed by atoms with E-state index < -0.39 is 35.8 Å². The van der Waals surface area contributed by atoms with E-state index in [4.69, 9.17) is 16.2 Å². The number of carbonyl (C=O) groups is 3. The number of halogens is 2. The molecule has 2 aromatic rings. The zero-order chi connectivity index (χ0) is 21.8. The molecule has 160 valence electrons. The average molecular weight is 438 g/mol. The topological polar surface area (TPSA) is 128 Å². The van der Waals surface area contributed by atoms with Gasteiger partial charge in [0.25, 0.3) is 0 Å². The largest absolute Gasteiger partial charge is 0.457 e. The van der Waals surface area contributed by atoms with Crippen LogP contribution in [-0.4, -0.2) is 42.1 Å². The van der Waals surface area contributed by atoms with Gasteiger partial charge < -0.3 is 21.1 Å². The third-order valence-electron chi connectivity index (χ3n) is 4.60. The second kappa shape index (κ2) is 9.08. The van der Waals surface area contributed by atoms with Crippen molar-refractivity contribution >= 4 is 34.4 Å². The number of benzene rings is 1. The van der Waals surface area contributed by atoms with E-state index in [0.29, 0.717) is 13.0 Å². The molecule has 1 fully saturated rings. The van der Waals surface area contributed by atoms with Gasteiger partial charge in [0.05, 0.1) is 12.1 Å². The molecular formula is C19H20F2N4O4S. The maximum atomic E-state index is 14.2. The van der Waals surface area contributed by atoms with Crippen LogP contribution in [0.4, 0.5) is 23.4 Å². The van der Waals surface area contributed by atoms with Crippen LogP contribution in [0.25, 0.3) is 10.4 Å². The number of carbonyl (C=O) groups excluding carboxylic acids is 3. The van der Waals surface area contributed by atoms with Gasteiger partial charge in [0.2, 0.25) is 0 Å². The van der Waals surface area contributed by atoms with E-state index in [2.05, 4.69) is 5.32 Å². The summed E-state index contributed by atoms with van der Waals surface area (Å²) in [7, 11) is 0. The first-order valence-electron chi connectivity index (χ1n) is 9.15. The third kappa shape index (κ3) is 5.03. The molecule has 1 atom stereocenters. The Kier molecular flexibility index (Phi) is 6.50. The average Bonchev–Trinajstić information content (AvgIpc) is 2.91. The van der Waals surface area contributed by atoms with E-state index >= 15 is 0 Å². The highest BCUT2D eigenvalue weighted by atomic mass is 32.1. The van der Waals surface area contributed by atoms with Gasteiger partial charge in [-0.3, -0.25) is 5.32 Å². The Morgan fingerprint density at radius 2 is 1.93 bits per heavy atom. The summed E-state index contributed by atoms with van der Waals surface area (Å²) in [5, 5.41) is 2.40. The van der Waals surface area contributed by atoms with E-state index in [1.165, 1.54) is 17.0 Å². The molecule has 0 bridgehead atoms. The number of likely N-dealkylation sites (tertiary alicyclic amines) is 1. The quantitative estimate of drug-likeness (QED) is 0.633. The molecule has 8 nitrogen and oxygen atoms in total. The number of primary amides is 2. The second-order valence-corrected chi connectivity index (χ2v) is 7.83. The molecule has 2 heterocycles. The Bertz CT molecular complexity index is 981. The van der Waals surface area contributed by atoms with Gasteiger partial charge in [-0.25, -0.2) is 23.2 Å². The van der Waals surface area contributed by atoms with Gasteiger partial charge in [-0.1, -0.05) is 0 Å². The first-order valence-corrected chi connectivity index (χ1v) is 9.97. The number of nitrogens with zero attached hydrogens (tertiary/aromatic N) is 1. The lowest BCUT2D eigenvalue weighted by molar-refractivity contribution is 0.0242. The number of esters is 1. The summed E-state index contributed by atoms with van der Waals surface area (Å²) in [6.07, 6.45) is 1.43. The van der Waals surface area contributed by atoms with E-state index in [1.54, 1.807) is 0 Å². The molecule has 0 saturated carbocycles. The van der Waals surface area contributed by atoms with Gasteiger partial charge in [0, 0.05) is 23.1 Å². The monoisotopic (exact) mass is 438 g/mol. The van der Waals surface area contributed by atoms with Crippen molar-refractivity contribution in [3.05, 3.63) is 41.5 Å². The second-order valence-electron chi connectivity index (χ2n) is 6.77. The molecule has 0 radical (unpaired) electrons. The highest BCUT2D eigenvalue weighted by molar-refractivity contribution is 7.20. The van der Waals surface area contributed by atoms with Crippen molar-refractivity contribution < 1.29 is 27.9 Å². The van der Waals surface area contributed by atoms with Crippen molar-refractivity contribution in [3.8, 4) is 10.4 Å². The van der Waals surface area contributed by atoms with Crippen LogP contribution in [0.1, 0.15) is 29.6 Å². The van der Waals surface area contributed by atoms with Crippen molar-refractivity contribution in [2.75, 3.05) is 18.4 Å². The number of nitrogens with two attached hydrogens (primary N) is 2. The molecule has 5 N–H and O–H groups in total. The molecular weight excluding hydrogens is 418 g/mol. The minimum atomic E-state index is -0.911. The van der Waals surface area contributed by atoms with Crippen LogP contribution in [-0.2, 0) is 4.74 Å². The van der Waals surface area contributed by atoms with Gasteiger partial charge >= 0.3 is 18.0 Å². The summed E-state index contributed by atoms with van der Waals surface area (Å²) in [5.41, 5.74) is 10.5. The predicted molar refractivity (Wildman–Crippen MR) is 107 cm³/mol. The van der Waals surface area contributed by atoms with Crippen molar-refractivity contribution in [3.63, 3.8) is 0 Å². The maximum Gasteiger partial charge on any atom is 0.341 e. The third-order valence-corrected chi connectivity index (χ3v) is 5.68. The van der Waals surface area contributed by atoms with Gasteiger partial charge in [0.1, 0.15) is 22.7 Å². The number of thiophene rings is 1. The molecule has 1 aromatic heterocycles. The number of anilines is 1. The summed E-state index contributed by atoms with van der Waals surface area (Å²) in [5.74, 6) is -2.32. The Balaban J connectivity index is 1.87. The van der Waals surface area contributed by atoms with E-state index in [1.807, 2.05) is 0 Å². The van der Waals surface area contributed by atoms with E-state index in [-0.39, 0.29) is 27.5 Å². The molecule has 1 unspecified atom stereocenters. The lowest BCUT2D eigenvalue weighted by Gasteiger charge is -2.22. The lowest BCUT2D eigenvalue weighted by atomic mass is 10.1. The van der Waals surface area contributed by atoms with Gasteiger partial charge in [-0.15, -0.1) is 11.3 Å². The normalized spacial score (nSPS) is 16.6. The summed E-state index contributed by atoms with van der Waals surface area (Å²) in [6.45, 7) is 0.632. The van der Waals surface area contributed by atoms with E-state index in [9.17, 15) is 23.2 Å². The number of hydrogen-bond acceptors (Lipinski definition) is 5. The van der Waals surface area contributed by atoms with Crippen LogP contribution in [0.3, 0.4) is 0 Å². The van der Waals surface area contributed by atoms with Crippen LogP contribution < -0.4 is 16.8 Å². The molecule has 1 saturated heterocycles. The summed E-state index contributed by atoms with van der Waals surface area (Å²) < 4.78 is 32.9. The molecule has 1 aliphatic rings. The smallest absolute Gasteiger partial charge is 0.341 e. The van der Waals surface area contributed by atoms with Crippen molar-refractivity contribution in [1.82, 2.24) is 4.90 Å². The van der Waals surface area contributed by atoms with Crippen LogP contribution in [0, 0.1) is 11.6 Å². The molecule has 0 aliphatic carbocycles. The fourth-order valence-corrected chi connectivity index (χ4v) is 4.26. The minimum Gasteiger partial charge on any atom is -0.457 e. The van der Waals surface area contributed by atoms with Crippen LogP contribution in [0.2, 0.25) is 0 Å². The van der Waals surface area contributed by atoms with Crippen molar-refractivity contribution in [2.24, 2.45) is 11.5 Å². The molecule has 1 aromatic carbocycles.